The van der Waals surface area contributed by atoms with Crippen LogP contribution in [0.3, 0.4) is 0 Å². The number of hydrogen-bond donors (Lipinski definition) is 1. The SMILES string of the molecule is CCNc1cc2ccc(SCC)cc2o1. The lowest BCUT2D eigenvalue weighted by molar-refractivity contribution is 0.627. The van der Waals surface area contributed by atoms with Crippen LogP contribution in [0.15, 0.2) is 33.6 Å². The lowest BCUT2D eigenvalue weighted by atomic mass is 10.2. The van der Waals surface area contributed by atoms with E-state index in [0.29, 0.717) is 0 Å². The molecular formula is C12H15NOS. The summed E-state index contributed by atoms with van der Waals surface area (Å²) in [6.07, 6.45) is 0. The molecule has 80 valence electrons. The van der Waals surface area contributed by atoms with Crippen LogP contribution in [-0.4, -0.2) is 12.3 Å². The van der Waals surface area contributed by atoms with Crippen LogP contribution in [0.1, 0.15) is 13.8 Å². The van der Waals surface area contributed by atoms with Crippen molar-refractivity contribution in [3.8, 4) is 0 Å². The zero-order valence-corrected chi connectivity index (χ0v) is 9.86. The van der Waals surface area contributed by atoms with Gasteiger partial charge in [-0.3, -0.25) is 0 Å². The number of rotatable bonds is 4. The molecule has 1 aromatic heterocycles. The van der Waals surface area contributed by atoms with Crippen molar-refractivity contribution in [2.75, 3.05) is 17.6 Å². The number of furan rings is 1. The van der Waals surface area contributed by atoms with Crippen molar-refractivity contribution >= 4 is 28.6 Å². The Bertz CT molecular complexity index is 446. The summed E-state index contributed by atoms with van der Waals surface area (Å²) in [5.41, 5.74) is 0.962. The first-order valence-corrected chi connectivity index (χ1v) is 6.22. The summed E-state index contributed by atoms with van der Waals surface area (Å²) in [5.74, 6) is 1.94. The van der Waals surface area contributed by atoms with E-state index in [-0.39, 0.29) is 0 Å². The van der Waals surface area contributed by atoms with Crippen LogP contribution < -0.4 is 5.32 Å². The smallest absolute Gasteiger partial charge is 0.194 e. The molecule has 0 saturated heterocycles. The summed E-state index contributed by atoms with van der Waals surface area (Å²) >= 11 is 1.83. The average Bonchev–Trinajstić information content (AvgIpc) is 2.60. The van der Waals surface area contributed by atoms with Crippen molar-refractivity contribution in [1.82, 2.24) is 0 Å². The molecular weight excluding hydrogens is 206 g/mol. The van der Waals surface area contributed by atoms with Crippen LogP contribution >= 0.6 is 11.8 Å². The molecule has 0 unspecified atom stereocenters. The molecule has 2 rings (SSSR count). The monoisotopic (exact) mass is 221 g/mol. The minimum atomic E-state index is 0.853. The fourth-order valence-electron chi connectivity index (χ4n) is 1.53. The highest BCUT2D eigenvalue weighted by molar-refractivity contribution is 7.99. The van der Waals surface area contributed by atoms with Crippen LogP contribution in [0.25, 0.3) is 11.0 Å². The number of hydrogen-bond acceptors (Lipinski definition) is 3. The second-order valence-corrected chi connectivity index (χ2v) is 4.61. The Morgan fingerprint density at radius 3 is 2.87 bits per heavy atom. The van der Waals surface area contributed by atoms with E-state index in [9.17, 15) is 0 Å². The molecule has 0 spiro atoms. The van der Waals surface area contributed by atoms with Gasteiger partial charge in [0.05, 0.1) is 0 Å². The average molecular weight is 221 g/mol. The van der Waals surface area contributed by atoms with Gasteiger partial charge in [-0.05, 0) is 30.9 Å². The van der Waals surface area contributed by atoms with Crippen molar-refractivity contribution < 1.29 is 4.42 Å². The molecule has 0 radical (unpaired) electrons. The molecule has 0 aliphatic carbocycles. The van der Waals surface area contributed by atoms with Gasteiger partial charge in [0.2, 0.25) is 0 Å². The fraction of sp³-hybridized carbons (Fsp3) is 0.333. The summed E-state index contributed by atoms with van der Waals surface area (Å²) in [6.45, 7) is 5.10. The zero-order chi connectivity index (χ0) is 10.7. The summed E-state index contributed by atoms with van der Waals surface area (Å²) in [4.78, 5) is 1.27. The molecule has 1 heterocycles. The molecule has 3 heteroatoms. The Kier molecular flexibility index (Phi) is 3.21. The van der Waals surface area contributed by atoms with Crippen LogP contribution in [0.4, 0.5) is 5.88 Å². The summed E-state index contributed by atoms with van der Waals surface area (Å²) in [7, 11) is 0. The summed E-state index contributed by atoms with van der Waals surface area (Å²) in [6, 6.07) is 8.39. The topological polar surface area (TPSA) is 25.2 Å². The fourth-order valence-corrected chi connectivity index (χ4v) is 2.22. The van der Waals surface area contributed by atoms with Crippen LogP contribution in [0, 0.1) is 0 Å². The van der Waals surface area contributed by atoms with Gasteiger partial charge in [-0.15, -0.1) is 11.8 Å². The van der Waals surface area contributed by atoms with E-state index in [2.05, 4.69) is 37.4 Å². The first-order chi connectivity index (χ1) is 7.33. The van der Waals surface area contributed by atoms with Gasteiger partial charge in [-0.25, -0.2) is 0 Å². The van der Waals surface area contributed by atoms with Crippen molar-refractivity contribution in [2.24, 2.45) is 0 Å². The van der Waals surface area contributed by atoms with E-state index in [1.807, 2.05) is 17.8 Å². The molecule has 0 saturated carbocycles. The molecule has 1 N–H and O–H groups in total. The van der Waals surface area contributed by atoms with Crippen LogP contribution in [0.2, 0.25) is 0 Å². The summed E-state index contributed by atoms with van der Waals surface area (Å²) < 4.78 is 5.67. The van der Waals surface area contributed by atoms with Crippen molar-refractivity contribution in [1.29, 1.82) is 0 Å². The van der Waals surface area contributed by atoms with E-state index in [1.165, 1.54) is 4.90 Å². The lowest BCUT2D eigenvalue weighted by Crippen LogP contribution is -1.93. The van der Waals surface area contributed by atoms with Gasteiger partial charge in [-0.1, -0.05) is 6.92 Å². The Balaban J connectivity index is 2.34. The highest BCUT2D eigenvalue weighted by Gasteiger charge is 2.03. The maximum absolute atomic E-state index is 5.67. The highest BCUT2D eigenvalue weighted by Crippen LogP contribution is 2.27. The van der Waals surface area contributed by atoms with Gasteiger partial charge in [0.15, 0.2) is 5.88 Å². The van der Waals surface area contributed by atoms with Crippen molar-refractivity contribution in [3.63, 3.8) is 0 Å². The minimum Gasteiger partial charge on any atom is -0.441 e. The Morgan fingerprint density at radius 1 is 1.27 bits per heavy atom. The van der Waals surface area contributed by atoms with E-state index in [0.717, 1.165) is 29.2 Å². The van der Waals surface area contributed by atoms with E-state index in [1.54, 1.807) is 0 Å². The van der Waals surface area contributed by atoms with Gasteiger partial charge in [0.25, 0.3) is 0 Å². The molecule has 0 amide bonds. The Hall–Kier alpha value is -1.09. The van der Waals surface area contributed by atoms with Crippen LogP contribution in [-0.2, 0) is 0 Å². The second kappa shape index (κ2) is 4.62. The lowest BCUT2D eigenvalue weighted by Gasteiger charge is -1.96. The Morgan fingerprint density at radius 2 is 2.13 bits per heavy atom. The highest BCUT2D eigenvalue weighted by atomic mass is 32.2. The number of nitrogens with one attached hydrogen (secondary N) is 1. The predicted octanol–water partition coefficient (Wildman–Crippen LogP) is 3.98. The van der Waals surface area contributed by atoms with Gasteiger partial charge in [0, 0.05) is 22.9 Å². The molecule has 1 aromatic carbocycles. The van der Waals surface area contributed by atoms with Crippen molar-refractivity contribution in [3.05, 3.63) is 24.3 Å². The van der Waals surface area contributed by atoms with E-state index >= 15 is 0 Å². The quantitative estimate of drug-likeness (QED) is 0.791. The number of fused-ring (bicyclic) bond motifs is 1. The summed E-state index contributed by atoms with van der Waals surface area (Å²) in [5, 5.41) is 4.33. The third kappa shape index (κ3) is 2.29. The molecule has 2 nitrogen and oxygen atoms in total. The normalized spacial score (nSPS) is 10.8. The number of thioether (sulfide) groups is 1. The second-order valence-electron chi connectivity index (χ2n) is 3.27. The first-order valence-electron chi connectivity index (χ1n) is 5.23. The third-order valence-electron chi connectivity index (χ3n) is 2.15. The Labute approximate surface area is 94.0 Å². The maximum Gasteiger partial charge on any atom is 0.194 e. The molecule has 0 aliphatic heterocycles. The van der Waals surface area contributed by atoms with Gasteiger partial charge in [-0.2, -0.15) is 0 Å². The predicted molar refractivity (Wildman–Crippen MR) is 66.8 cm³/mol. The standard InChI is InChI=1S/C12H15NOS/c1-3-13-12-7-9-5-6-10(15-4-2)8-11(9)14-12/h5-8,13H,3-4H2,1-2H3. The van der Waals surface area contributed by atoms with Gasteiger partial charge < -0.3 is 9.73 Å². The van der Waals surface area contributed by atoms with E-state index in [4.69, 9.17) is 4.42 Å². The molecule has 2 aromatic rings. The van der Waals surface area contributed by atoms with E-state index < -0.39 is 0 Å². The van der Waals surface area contributed by atoms with Gasteiger partial charge >= 0.3 is 0 Å². The minimum absolute atomic E-state index is 0.853. The molecule has 15 heavy (non-hydrogen) atoms. The maximum atomic E-state index is 5.67. The van der Waals surface area contributed by atoms with Gasteiger partial charge in [0.1, 0.15) is 5.58 Å². The molecule has 0 aliphatic rings. The molecule has 0 fully saturated rings. The third-order valence-corrected chi connectivity index (χ3v) is 3.03. The molecule has 0 bridgehead atoms. The first kappa shape index (κ1) is 10.4. The van der Waals surface area contributed by atoms with Crippen LogP contribution in [0.5, 0.6) is 0 Å². The number of anilines is 1. The molecule has 0 atom stereocenters. The van der Waals surface area contributed by atoms with Crippen molar-refractivity contribution in [2.45, 2.75) is 18.7 Å². The number of benzene rings is 1. The largest absolute Gasteiger partial charge is 0.441 e. The zero-order valence-electron chi connectivity index (χ0n) is 9.04.